The molecule has 1 atom stereocenters. The van der Waals surface area contributed by atoms with Crippen molar-refractivity contribution < 1.29 is 0 Å². The molecule has 20 heavy (non-hydrogen) atoms. The van der Waals surface area contributed by atoms with Gasteiger partial charge in [0.2, 0.25) is 0 Å². The van der Waals surface area contributed by atoms with E-state index in [1.807, 2.05) is 11.3 Å². The molecule has 0 spiro atoms. The third kappa shape index (κ3) is 4.46. The standard InChI is InChI=1S/C18H23NS/c1-2-5-15(6-3-1)13-16(14-19-17-9-10-17)8-11-18-7-4-12-20-18/h1-7,12,16-17,19H,8-11,13-14H2. The Kier molecular flexibility index (Phi) is 4.88. The minimum atomic E-state index is 0.750. The summed E-state index contributed by atoms with van der Waals surface area (Å²) in [7, 11) is 0. The molecule has 0 saturated heterocycles. The summed E-state index contributed by atoms with van der Waals surface area (Å²) in [6, 6.07) is 16.2. The van der Waals surface area contributed by atoms with Crippen LogP contribution in [-0.2, 0) is 12.8 Å². The van der Waals surface area contributed by atoms with E-state index in [2.05, 4.69) is 53.2 Å². The molecule has 1 aromatic heterocycles. The maximum atomic E-state index is 3.71. The summed E-state index contributed by atoms with van der Waals surface area (Å²) in [5, 5.41) is 5.89. The van der Waals surface area contributed by atoms with Gasteiger partial charge >= 0.3 is 0 Å². The van der Waals surface area contributed by atoms with Crippen molar-refractivity contribution in [1.29, 1.82) is 0 Å². The van der Waals surface area contributed by atoms with Crippen molar-refractivity contribution in [2.75, 3.05) is 6.54 Å². The van der Waals surface area contributed by atoms with E-state index < -0.39 is 0 Å². The van der Waals surface area contributed by atoms with Gasteiger partial charge in [-0.15, -0.1) is 11.3 Å². The molecule has 1 unspecified atom stereocenters. The second-order valence-electron chi connectivity index (χ2n) is 5.86. The van der Waals surface area contributed by atoms with Crippen LogP contribution in [0.2, 0.25) is 0 Å². The molecule has 1 saturated carbocycles. The van der Waals surface area contributed by atoms with Gasteiger partial charge in [-0.3, -0.25) is 0 Å². The second kappa shape index (κ2) is 7.05. The normalized spacial score (nSPS) is 16.2. The molecule has 2 heteroatoms. The van der Waals surface area contributed by atoms with Crippen LogP contribution in [0.1, 0.15) is 29.7 Å². The van der Waals surface area contributed by atoms with Gasteiger partial charge in [-0.25, -0.2) is 0 Å². The van der Waals surface area contributed by atoms with Crippen molar-refractivity contribution >= 4 is 11.3 Å². The van der Waals surface area contributed by atoms with Gasteiger partial charge in [0.1, 0.15) is 0 Å². The van der Waals surface area contributed by atoms with Gasteiger partial charge < -0.3 is 5.32 Å². The fourth-order valence-corrected chi connectivity index (χ4v) is 3.37. The van der Waals surface area contributed by atoms with Crippen LogP contribution in [0.25, 0.3) is 0 Å². The molecule has 1 aromatic carbocycles. The Balaban J connectivity index is 1.54. The molecule has 1 nitrogen and oxygen atoms in total. The molecule has 1 aliphatic rings. The van der Waals surface area contributed by atoms with Crippen molar-refractivity contribution in [2.45, 2.75) is 38.1 Å². The summed E-state index contributed by atoms with van der Waals surface area (Å²) in [5.74, 6) is 0.750. The molecule has 0 aliphatic heterocycles. The van der Waals surface area contributed by atoms with Gasteiger partial charge in [0.15, 0.2) is 0 Å². The quantitative estimate of drug-likeness (QED) is 0.763. The molecule has 3 rings (SSSR count). The summed E-state index contributed by atoms with van der Waals surface area (Å²) in [6.45, 7) is 1.17. The molecular weight excluding hydrogens is 262 g/mol. The predicted molar refractivity (Wildman–Crippen MR) is 87.3 cm³/mol. The van der Waals surface area contributed by atoms with Crippen LogP contribution in [-0.4, -0.2) is 12.6 Å². The van der Waals surface area contributed by atoms with E-state index in [-0.39, 0.29) is 0 Å². The first kappa shape index (κ1) is 13.8. The molecule has 0 amide bonds. The Labute approximate surface area is 126 Å². The highest BCUT2D eigenvalue weighted by molar-refractivity contribution is 7.09. The van der Waals surface area contributed by atoms with E-state index in [1.54, 1.807) is 0 Å². The van der Waals surface area contributed by atoms with Gasteiger partial charge in [-0.05, 0) is 61.6 Å². The van der Waals surface area contributed by atoms with E-state index in [4.69, 9.17) is 0 Å². The number of rotatable bonds is 8. The number of aryl methyl sites for hydroxylation is 1. The lowest BCUT2D eigenvalue weighted by atomic mass is 9.94. The number of hydrogen-bond acceptors (Lipinski definition) is 2. The number of benzene rings is 1. The molecule has 2 aromatic rings. The lowest BCUT2D eigenvalue weighted by molar-refractivity contribution is 0.443. The fraction of sp³-hybridized carbons (Fsp3) is 0.444. The maximum Gasteiger partial charge on any atom is 0.00683 e. The van der Waals surface area contributed by atoms with E-state index in [9.17, 15) is 0 Å². The molecule has 0 bridgehead atoms. The topological polar surface area (TPSA) is 12.0 Å². The zero-order valence-electron chi connectivity index (χ0n) is 11.9. The van der Waals surface area contributed by atoms with Crippen LogP contribution < -0.4 is 5.32 Å². The van der Waals surface area contributed by atoms with Gasteiger partial charge in [0, 0.05) is 10.9 Å². The van der Waals surface area contributed by atoms with Crippen LogP contribution in [0, 0.1) is 5.92 Å². The second-order valence-corrected chi connectivity index (χ2v) is 6.89. The van der Waals surface area contributed by atoms with Crippen LogP contribution in [0.3, 0.4) is 0 Å². The van der Waals surface area contributed by atoms with Crippen LogP contribution in [0.15, 0.2) is 47.8 Å². The number of nitrogens with one attached hydrogen (secondary N) is 1. The Morgan fingerprint density at radius 1 is 1.10 bits per heavy atom. The highest BCUT2D eigenvalue weighted by Crippen LogP contribution is 2.22. The van der Waals surface area contributed by atoms with Crippen molar-refractivity contribution in [3.8, 4) is 0 Å². The van der Waals surface area contributed by atoms with Crippen molar-refractivity contribution in [3.05, 3.63) is 58.3 Å². The smallest absolute Gasteiger partial charge is 0.00683 e. The Morgan fingerprint density at radius 2 is 1.95 bits per heavy atom. The average molecular weight is 285 g/mol. The SMILES string of the molecule is c1ccc(CC(CCc2cccs2)CNC2CC2)cc1. The van der Waals surface area contributed by atoms with E-state index in [1.165, 1.54) is 49.1 Å². The third-order valence-corrected chi connectivity index (χ3v) is 4.96. The Morgan fingerprint density at radius 3 is 2.65 bits per heavy atom. The minimum Gasteiger partial charge on any atom is -0.314 e. The first-order chi connectivity index (χ1) is 9.90. The lowest BCUT2D eigenvalue weighted by Gasteiger charge is -2.17. The number of thiophene rings is 1. The molecule has 1 N–H and O–H groups in total. The highest BCUT2D eigenvalue weighted by Gasteiger charge is 2.22. The maximum absolute atomic E-state index is 3.71. The summed E-state index contributed by atoms with van der Waals surface area (Å²) >= 11 is 1.89. The van der Waals surface area contributed by atoms with Crippen molar-refractivity contribution in [1.82, 2.24) is 5.32 Å². The fourth-order valence-electron chi connectivity index (χ4n) is 2.65. The van der Waals surface area contributed by atoms with E-state index >= 15 is 0 Å². The van der Waals surface area contributed by atoms with E-state index in [0.29, 0.717) is 0 Å². The Hall–Kier alpha value is -1.12. The lowest BCUT2D eigenvalue weighted by Crippen LogP contribution is -2.26. The zero-order chi connectivity index (χ0) is 13.6. The largest absolute Gasteiger partial charge is 0.314 e. The summed E-state index contributed by atoms with van der Waals surface area (Å²) in [6.07, 6.45) is 6.47. The monoisotopic (exact) mass is 285 g/mol. The first-order valence-electron chi connectivity index (χ1n) is 7.70. The van der Waals surface area contributed by atoms with Crippen LogP contribution in [0.4, 0.5) is 0 Å². The van der Waals surface area contributed by atoms with Crippen molar-refractivity contribution in [2.24, 2.45) is 5.92 Å². The summed E-state index contributed by atoms with van der Waals surface area (Å²) < 4.78 is 0. The first-order valence-corrected chi connectivity index (χ1v) is 8.58. The molecule has 1 fully saturated rings. The predicted octanol–water partition coefficient (Wildman–Crippen LogP) is 4.29. The van der Waals surface area contributed by atoms with Crippen molar-refractivity contribution in [3.63, 3.8) is 0 Å². The summed E-state index contributed by atoms with van der Waals surface area (Å²) in [4.78, 5) is 1.52. The molecule has 1 aliphatic carbocycles. The highest BCUT2D eigenvalue weighted by atomic mass is 32.1. The van der Waals surface area contributed by atoms with Gasteiger partial charge in [0.05, 0.1) is 0 Å². The zero-order valence-corrected chi connectivity index (χ0v) is 12.7. The Bertz CT molecular complexity index is 487. The molecule has 0 radical (unpaired) electrons. The summed E-state index contributed by atoms with van der Waals surface area (Å²) in [5.41, 5.74) is 1.47. The average Bonchev–Trinajstić information content (AvgIpc) is 3.17. The van der Waals surface area contributed by atoms with Crippen LogP contribution >= 0.6 is 11.3 Å². The van der Waals surface area contributed by atoms with E-state index in [0.717, 1.165) is 12.0 Å². The van der Waals surface area contributed by atoms with Crippen LogP contribution in [0.5, 0.6) is 0 Å². The van der Waals surface area contributed by atoms with Gasteiger partial charge in [0.25, 0.3) is 0 Å². The van der Waals surface area contributed by atoms with Gasteiger partial charge in [-0.2, -0.15) is 0 Å². The molecular formula is C18H23NS. The minimum absolute atomic E-state index is 0.750. The van der Waals surface area contributed by atoms with Gasteiger partial charge in [-0.1, -0.05) is 36.4 Å². The number of hydrogen-bond donors (Lipinski definition) is 1. The third-order valence-electron chi connectivity index (χ3n) is 4.02. The molecule has 106 valence electrons. The molecule has 1 heterocycles.